The molecule has 0 aliphatic heterocycles. The molecule has 0 heterocycles. The minimum absolute atomic E-state index is 0.0121. The summed E-state index contributed by atoms with van der Waals surface area (Å²) in [5, 5.41) is 10.3. The van der Waals surface area contributed by atoms with E-state index in [-0.39, 0.29) is 11.4 Å². The lowest BCUT2D eigenvalue weighted by atomic mass is 10.1. The standard InChI is InChI=1S/C9H11NO4S/c1-15(13,14)7-6-8-2-4-9(5-3-8)10(11)12/h2-5H,6-7H2,1H3. The number of nitro benzene ring substituents is 1. The Hall–Kier alpha value is -1.43. The highest BCUT2D eigenvalue weighted by molar-refractivity contribution is 7.90. The van der Waals surface area contributed by atoms with Crippen LogP contribution in [0.5, 0.6) is 0 Å². The molecule has 82 valence electrons. The normalized spacial score (nSPS) is 11.3. The Morgan fingerprint density at radius 2 is 1.80 bits per heavy atom. The van der Waals surface area contributed by atoms with Crippen LogP contribution < -0.4 is 0 Å². The van der Waals surface area contributed by atoms with Gasteiger partial charge in [-0.25, -0.2) is 8.42 Å². The molecule has 6 heteroatoms. The van der Waals surface area contributed by atoms with Crippen molar-refractivity contribution in [1.29, 1.82) is 0 Å². The Balaban J connectivity index is 2.69. The molecular weight excluding hydrogens is 218 g/mol. The summed E-state index contributed by atoms with van der Waals surface area (Å²) in [5.74, 6) is 0.0603. The predicted molar refractivity (Wildman–Crippen MR) is 56.5 cm³/mol. The van der Waals surface area contributed by atoms with Gasteiger partial charge in [0.15, 0.2) is 0 Å². The third kappa shape index (κ3) is 4.07. The Labute approximate surface area is 87.8 Å². The van der Waals surface area contributed by atoms with Gasteiger partial charge in [-0.3, -0.25) is 10.1 Å². The molecule has 1 aromatic rings. The number of nitrogens with zero attached hydrogens (tertiary/aromatic N) is 1. The van der Waals surface area contributed by atoms with Crippen molar-refractivity contribution in [2.45, 2.75) is 6.42 Å². The van der Waals surface area contributed by atoms with Crippen LogP contribution in [0.1, 0.15) is 5.56 Å². The van der Waals surface area contributed by atoms with E-state index in [0.717, 1.165) is 5.56 Å². The zero-order chi connectivity index (χ0) is 11.5. The fraction of sp³-hybridized carbons (Fsp3) is 0.333. The van der Waals surface area contributed by atoms with Gasteiger partial charge < -0.3 is 0 Å². The van der Waals surface area contributed by atoms with Crippen molar-refractivity contribution >= 4 is 15.5 Å². The van der Waals surface area contributed by atoms with Crippen LogP contribution in [0, 0.1) is 10.1 Å². The summed E-state index contributed by atoms with van der Waals surface area (Å²) in [4.78, 5) is 9.85. The molecule has 0 aliphatic carbocycles. The van der Waals surface area contributed by atoms with Gasteiger partial charge in [-0.2, -0.15) is 0 Å². The molecule has 15 heavy (non-hydrogen) atoms. The first-order valence-corrected chi connectivity index (χ1v) is 6.35. The van der Waals surface area contributed by atoms with Crippen LogP contribution in [-0.2, 0) is 16.3 Å². The molecule has 0 saturated carbocycles. The molecule has 0 saturated heterocycles. The van der Waals surface area contributed by atoms with E-state index in [2.05, 4.69) is 0 Å². The highest BCUT2D eigenvalue weighted by Gasteiger charge is 2.06. The van der Waals surface area contributed by atoms with Crippen LogP contribution in [0.3, 0.4) is 0 Å². The fourth-order valence-electron chi connectivity index (χ4n) is 1.09. The molecule has 0 N–H and O–H groups in total. The van der Waals surface area contributed by atoms with E-state index in [0.29, 0.717) is 6.42 Å². The van der Waals surface area contributed by atoms with Crippen molar-refractivity contribution in [2.75, 3.05) is 12.0 Å². The summed E-state index contributed by atoms with van der Waals surface area (Å²) in [7, 11) is -2.98. The molecule has 0 bridgehead atoms. The first-order chi connectivity index (χ1) is 6.88. The summed E-state index contributed by atoms with van der Waals surface area (Å²) < 4.78 is 21.7. The maximum atomic E-state index is 10.9. The topological polar surface area (TPSA) is 77.3 Å². The third-order valence-corrected chi connectivity index (χ3v) is 2.85. The SMILES string of the molecule is CS(=O)(=O)CCc1ccc([N+](=O)[O-])cc1. The van der Waals surface area contributed by atoms with Crippen molar-refractivity contribution in [1.82, 2.24) is 0 Å². The van der Waals surface area contributed by atoms with E-state index in [4.69, 9.17) is 0 Å². The van der Waals surface area contributed by atoms with E-state index < -0.39 is 14.8 Å². The number of hydrogen-bond acceptors (Lipinski definition) is 4. The summed E-state index contributed by atoms with van der Waals surface area (Å²) in [5.41, 5.74) is 0.795. The van der Waals surface area contributed by atoms with Gasteiger partial charge in [0.05, 0.1) is 10.7 Å². The zero-order valence-corrected chi connectivity index (χ0v) is 9.03. The molecule has 1 aromatic carbocycles. The van der Waals surface area contributed by atoms with Gasteiger partial charge in [-0.15, -0.1) is 0 Å². The fourth-order valence-corrected chi connectivity index (χ4v) is 1.69. The van der Waals surface area contributed by atoms with E-state index in [1.54, 1.807) is 12.1 Å². The number of rotatable bonds is 4. The second kappa shape index (κ2) is 4.39. The maximum Gasteiger partial charge on any atom is 0.269 e. The molecule has 0 atom stereocenters. The minimum Gasteiger partial charge on any atom is -0.258 e. The summed E-state index contributed by atoms with van der Waals surface area (Å²) in [6.45, 7) is 0. The van der Waals surface area contributed by atoms with E-state index in [1.165, 1.54) is 18.4 Å². The first-order valence-electron chi connectivity index (χ1n) is 4.29. The van der Waals surface area contributed by atoms with Gasteiger partial charge in [0.2, 0.25) is 0 Å². The van der Waals surface area contributed by atoms with Crippen LogP contribution >= 0.6 is 0 Å². The molecule has 0 aromatic heterocycles. The summed E-state index contributed by atoms with van der Waals surface area (Å²) in [6, 6.07) is 5.89. The largest absolute Gasteiger partial charge is 0.269 e. The lowest BCUT2D eigenvalue weighted by Crippen LogP contribution is -2.05. The Bertz CT molecular complexity index is 450. The van der Waals surface area contributed by atoms with Crippen molar-refractivity contribution in [3.63, 3.8) is 0 Å². The minimum atomic E-state index is -2.98. The molecule has 0 unspecified atom stereocenters. The average Bonchev–Trinajstić information content (AvgIpc) is 2.14. The van der Waals surface area contributed by atoms with E-state index in [1.807, 2.05) is 0 Å². The summed E-state index contributed by atoms with van der Waals surface area (Å²) >= 11 is 0. The third-order valence-electron chi connectivity index (χ3n) is 1.91. The van der Waals surface area contributed by atoms with E-state index >= 15 is 0 Å². The van der Waals surface area contributed by atoms with Crippen LogP contribution in [-0.4, -0.2) is 25.3 Å². The second-order valence-corrected chi connectivity index (χ2v) is 5.56. The highest BCUT2D eigenvalue weighted by atomic mass is 32.2. The number of nitro groups is 1. The quantitative estimate of drug-likeness (QED) is 0.573. The van der Waals surface area contributed by atoms with Gasteiger partial charge in [-0.1, -0.05) is 12.1 Å². The van der Waals surface area contributed by atoms with Gasteiger partial charge in [-0.05, 0) is 12.0 Å². The Morgan fingerprint density at radius 1 is 1.27 bits per heavy atom. The van der Waals surface area contributed by atoms with Crippen molar-refractivity contribution in [3.8, 4) is 0 Å². The smallest absolute Gasteiger partial charge is 0.258 e. The van der Waals surface area contributed by atoms with Gasteiger partial charge in [0.1, 0.15) is 9.84 Å². The van der Waals surface area contributed by atoms with E-state index in [9.17, 15) is 18.5 Å². The molecule has 0 fully saturated rings. The number of hydrogen-bond donors (Lipinski definition) is 0. The van der Waals surface area contributed by atoms with Crippen molar-refractivity contribution in [2.24, 2.45) is 0 Å². The van der Waals surface area contributed by atoms with Gasteiger partial charge in [0.25, 0.3) is 5.69 Å². The van der Waals surface area contributed by atoms with Crippen LogP contribution in [0.4, 0.5) is 5.69 Å². The number of benzene rings is 1. The number of aryl methyl sites for hydroxylation is 1. The molecule has 5 nitrogen and oxygen atoms in total. The average molecular weight is 229 g/mol. The lowest BCUT2D eigenvalue weighted by Gasteiger charge is -1.99. The number of non-ortho nitro benzene ring substituents is 1. The molecule has 0 radical (unpaired) electrons. The monoisotopic (exact) mass is 229 g/mol. The predicted octanol–water partition coefficient (Wildman–Crippen LogP) is 1.18. The summed E-state index contributed by atoms with van der Waals surface area (Å²) in [6.07, 6.45) is 1.55. The molecule has 0 spiro atoms. The molecule has 0 amide bonds. The van der Waals surface area contributed by atoms with Crippen LogP contribution in [0.2, 0.25) is 0 Å². The van der Waals surface area contributed by atoms with Crippen molar-refractivity contribution in [3.05, 3.63) is 39.9 Å². The van der Waals surface area contributed by atoms with Crippen LogP contribution in [0.25, 0.3) is 0 Å². The zero-order valence-electron chi connectivity index (χ0n) is 8.21. The van der Waals surface area contributed by atoms with Gasteiger partial charge >= 0.3 is 0 Å². The molecule has 1 rings (SSSR count). The Morgan fingerprint density at radius 3 is 2.20 bits per heavy atom. The van der Waals surface area contributed by atoms with Crippen LogP contribution in [0.15, 0.2) is 24.3 Å². The van der Waals surface area contributed by atoms with Gasteiger partial charge in [0, 0.05) is 18.4 Å². The second-order valence-electron chi connectivity index (χ2n) is 3.30. The van der Waals surface area contributed by atoms with Crippen molar-refractivity contribution < 1.29 is 13.3 Å². The maximum absolute atomic E-state index is 10.9. The number of sulfone groups is 1. The lowest BCUT2D eigenvalue weighted by molar-refractivity contribution is -0.384. The first kappa shape index (κ1) is 11.6. The highest BCUT2D eigenvalue weighted by Crippen LogP contribution is 2.12. The molecular formula is C9H11NO4S. The molecule has 0 aliphatic rings. The Kier molecular flexibility index (Phi) is 3.41.